The molecule has 5 heteroatoms. The summed E-state index contributed by atoms with van der Waals surface area (Å²) in [6.07, 6.45) is 2.04. The molecule has 3 aromatic rings. The highest BCUT2D eigenvalue weighted by Gasteiger charge is 2.50. The molecule has 1 aliphatic carbocycles. The van der Waals surface area contributed by atoms with E-state index in [1.54, 1.807) is 6.07 Å². The molecule has 34 heavy (non-hydrogen) atoms. The van der Waals surface area contributed by atoms with Crippen LogP contribution < -0.4 is 15.2 Å². The Morgan fingerprint density at radius 3 is 2.41 bits per heavy atom. The van der Waals surface area contributed by atoms with Crippen LogP contribution in [0.25, 0.3) is 11.1 Å². The third-order valence-corrected chi connectivity index (χ3v) is 6.92. The lowest BCUT2D eigenvalue weighted by Gasteiger charge is -2.24. The number of nitrogens with two attached hydrogens (primary N) is 1. The van der Waals surface area contributed by atoms with Gasteiger partial charge in [0.25, 0.3) is 0 Å². The van der Waals surface area contributed by atoms with E-state index in [9.17, 15) is 9.59 Å². The van der Waals surface area contributed by atoms with E-state index in [0.717, 1.165) is 46.4 Å². The number of ketones is 1. The molecule has 1 heterocycles. The molecule has 5 rings (SSSR count). The zero-order valence-electron chi connectivity index (χ0n) is 19.8. The molecule has 2 N–H and O–H groups in total. The monoisotopic (exact) mass is 455 g/mol. The standard InChI is InChI=1S/C29H29NO4/c1-28(2,3)23-9-7-18(13-22(23)19-5-4-6-20(15-19)27(30)32)14-26(31)29(11-12-29)21-8-10-24-25(16-21)34-17-33-24/h4-10,13,15-16H,11-12,14,17H2,1-3H3,(H2,30,32). The van der Waals surface area contributed by atoms with Crippen molar-refractivity contribution in [3.8, 4) is 22.6 Å². The first-order chi connectivity index (χ1) is 16.2. The first-order valence-electron chi connectivity index (χ1n) is 11.6. The van der Waals surface area contributed by atoms with Crippen LogP contribution in [-0.2, 0) is 22.0 Å². The largest absolute Gasteiger partial charge is 0.454 e. The normalized spacial score (nSPS) is 15.7. The van der Waals surface area contributed by atoms with Gasteiger partial charge in [-0.3, -0.25) is 9.59 Å². The van der Waals surface area contributed by atoms with Crippen LogP contribution >= 0.6 is 0 Å². The summed E-state index contributed by atoms with van der Waals surface area (Å²) in [7, 11) is 0. The number of carbonyl (C=O) groups is 2. The van der Waals surface area contributed by atoms with Gasteiger partial charge in [-0.2, -0.15) is 0 Å². The maximum atomic E-state index is 13.5. The van der Waals surface area contributed by atoms with Crippen molar-refractivity contribution < 1.29 is 19.1 Å². The second-order valence-electron chi connectivity index (χ2n) is 10.3. The minimum atomic E-state index is -0.454. The Balaban J connectivity index is 1.48. The van der Waals surface area contributed by atoms with Crippen molar-refractivity contribution in [3.05, 3.63) is 82.9 Å². The molecule has 3 aromatic carbocycles. The minimum absolute atomic E-state index is 0.106. The van der Waals surface area contributed by atoms with Gasteiger partial charge in [0.1, 0.15) is 5.78 Å². The quantitative estimate of drug-likeness (QED) is 0.545. The van der Waals surface area contributed by atoms with Gasteiger partial charge in [0.05, 0.1) is 5.41 Å². The second-order valence-corrected chi connectivity index (χ2v) is 10.3. The molecule has 2 aliphatic rings. The highest BCUT2D eigenvalue weighted by Crippen LogP contribution is 2.51. The van der Waals surface area contributed by atoms with E-state index in [4.69, 9.17) is 15.2 Å². The molecule has 0 atom stereocenters. The van der Waals surface area contributed by atoms with E-state index in [1.165, 1.54) is 0 Å². The van der Waals surface area contributed by atoms with Gasteiger partial charge in [0, 0.05) is 12.0 Å². The predicted molar refractivity (Wildman–Crippen MR) is 131 cm³/mol. The third kappa shape index (κ3) is 3.96. The van der Waals surface area contributed by atoms with Gasteiger partial charge >= 0.3 is 0 Å². The zero-order chi connectivity index (χ0) is 24.1. The summed E-state index contributed by atoms with van der Waals surface area (Å²) in [5, 5.41) is 0. The number of primary amides is 1. The lowest BCUT2D eigenvalue weighted by atomic mass is 9.80. The maximum absolute atomic E-state index is 13.5. The van der Waals surface area contributed by atoms with Crippen LogP contribution in [0.3, 0.4) is 0 Å². The number of rotatable bonds is 6. The SMILES string of the molecule is CC(C)(C)c1ccc(CC(=O)C2(c3ccc4c(c3)OCO4)CC2)cc1-c1cccc(C(N)=O)c1. The molecular weight excluding hydrogens is 426 g/mol. The van der Waals surface area contributed by atoms with Crippen molar-refractivity contribution in [1.29, 1.82) is 0 Å². The lowest BCUT2D eigenvalue weighted by Crippen LogP contribution is -2.22. The molecule has 1 amide bonds. The van der Waals surface area contributed by atoms with Crippen LogP contribution in [0.15, 0.2) is 60.7 Å². The minimum Gasteiger partial charge on any atom is -0.454 e. The first-order valence-corrected chi connectivity index (χ1v) is 11.6. The summed E-state index contributed by atoms with van der Waals surface area (Å²) >= 11 is 0. The van der Waals surface area contributed by atoms with Crippen molar-refractivity contribution in [2.45, 2.75) is 50.9 Å². The van der Waals surface area contributed by atoms with E-state index in [-0.39, 0.29) is 18.0 Å². The summed E-state index contributed by atoms with van der Waals surface area (Å²) in [4.78, 5) is 25.3. The van der Waals surface area contributed by atoms with Crippen LogP contribution in [0, 0.1) is 0 Å². The number of carbonyl (C=O) groups excluding carboxylic acids is 2. The molecule has 0 aromatic heterocycles. The molecule has 5 nitrogen and oxygen atoms in total. The number of hydrogen-bond donors (Lipinski definition) is 1. The molecule has 0 unspecified atom stereocenters. The van der Waals surface area contributed by atoms with E-state index in [2.05, 4.69) is 39.0 Å². The number of amides is 1. The van der Waals surface area contributed by atoms with Crippen LogP contribution in [-0.4, -0.2) is 18.5 Å². The van der Waals surface area contributed by atoms with Crippen molar-refractivity contribution in [2.75, 3.05) is 6.79 Å². The number of hydrogen-bond acceptors (Lipinski definition) is 4. The fourth-order valence-electron chi connectivity index (χ4n) is 4.84. The van der Waals surface area contributed by atoms with Gasteiger partial charge < -0.3 is 15.2 Å². The Morgan fingerprint density at radius 2 is 1.71 bits per heavy atom. The Kier molecular flexibility index (Phi) is 5.23. The highest BCUT2D eigenvalue weighted by atomic mass is 16.7. The van der Waals surface area contributed by atoms with Gasteiger partial charge in [0.15, 0.2) is 11.5 Å². The van der Waals surface area contributed by atoms with Crippen molar-refractivity contribution in [1.82, 2.24) is 0 Å². The van der Waals surface area contributed by atoms with Gasteiger partial charge in [-0.1, -0.05) is 57.2 Å². The predicted octanol–water partition coefficient (Wildman–Crippen LogP) is 5.32. The van der Waals surface area contributed by atoms with Crippen molar-refractivity contribution in [3.63, 3.8) is 0 Å². The molecule has 1 aliphatic heterocycles. The average molecular weight is 456 g/mol. The molecule has 1 fully saturated rings. The lowest BCUT2D eigenvalue weighted by molar-refractivity contribution is -0.120. The summed E-state index contributed by atoms with van der Waals surface area (Å²) in [6.45, 7) is 6.70. The molecule has 0 spiro atoms. The Hall–Kier alpha value is -3.60. The van der Waals surface area contributed by atoms with E-state index < -0.39 is 11.3 Å². The van der Waals surface area contributed by atoms with Crippen LogP contribution in [0.4, 0.5) is 0 Å². The third-order valence-electron chi connectivity index (χ3n) is 6.92. The highest BCUT2D eigenvalue weighted by molar-refractivity contribution is 5.96. The van der Waals surface area contributed by atoms with Crippen molar-refractivity contribution in [2.24, 2.45) is 5.73 Å². The second kappa shape index (κ2) is 8.01. The Morgan fingerprint density at radius 1 is 0.941 bits per heavy atom. The van der Waals surface area contributed by atoms with Gasteiger partial charge in [-0.05, 0) is 70.3 Å². The molecule has 0 bridgehead atoms. The average Bonchev–Trinajstić information content (AvgIpc) is 3.49. The summed E-state index contributed by atoms with van der Waals surface area (Å²) in [5.41, 5.74) is 10.5. The summed E-state index contributed by atoms with van der Waals surface area (Å²) in [6, 6.07) is 19.5. The first kappa shape index (κ1) is 22.2. The van der Waals surface area contributed by atoms with Gasteiger partial charge in [-0.25, -0.2) is 0 Å². The molecule has 1 saturated carbocycles. The van der Waals surface area contributed by atoms with Gasteiger partial charge in [-0.15, -0.1) is 0 Å². The fourth-order valence-corrected chi connectivity index (χ4v) is 4.84. The molecule has 174 valence electrons. The van der Waals surface area contributed by atoms with E-state index in [0.29, 0.717) is 17.7 Å². The Labute approximate surface area is 199 Å². The van der Waals surface area contributed by atoms with Crippen molar-refractivity contribution >= 4 is 11.7 Å². The van der Waals surface area contributed by atoms with E-state index in [1.807, 2.05) is 36.4 Å². The Bertz CT molecular complexity index is 1300. The summed E-state index contributed by atoms with van der Waals surface area (Å²) in [5.74, 6) is 1.20. The maximum Gasteiger partial charge on any atom is 0.248 e. The summed E-state index contributed by atoms with van der Waals surface area (Å²) < 4.78 is 11.0. The molecule has 0 saturated heterocycles. The fraction of sp³-hybridized carbons (Fsp3) is 0.310. The molecule has 0 radical (unpaired) electrons. The molecular formula is C29H29NO4. The number of Topliss-reactive ketones (excluding diaryl/α,β-unsaturated/α-hetero) is 1. The smallest absolute Gasteiger partial charge is 0.248 e. The van der Waals surface area contributed by atoms with E-state index >= 15 is 0 Å². The van der Waals surface area contributed by atoms with Crippen LogP contribution in [0.1, 0.15) is 60.7 Å². The van der Waals surface area contributed by atoms with Crippen LogP contribution in [0.5, 0.6) is 11.5 Å². The topological polar surface area (TPSA) is 78.6 Å². The number of ether oxygens (including phenoxy) is 2. The van der Waals surface area contributed by atoms with Gasteiger partial charge in [0.2, 0.25) is 12.7 Å². The number of fused-ring (bicyclic) bond motifs is 1. The van der Waals surface area contributed by atoms with Crippen LogP contribution in [0.2, 0.25) is 0 Å². The zero-order valence-corrected chi connectivity index (χ0v) is 19.8. The number of benzene rings is 3.